The van der Waals surface area contributed by atoms with E-state index in [-0.39, 0.29) is 12.6 Å². The van der Waals surface area contributed by atoms with E-state index >= 15 is 0 Å². The van der Waals surface area contributed by atoms with Gasteiger partial charge in [0.1, 0.15) is 0 Å². The summed E-state index contributed by atoms with van der Waals surface area (Å²) in [5.74, 6) is 0. The molecular formula is C13H21N3O2. The average Bonchev–Trinajstić information content (AvgIpc) is 2.39. The van der Waals surface area contributed by atoms with Crippen LogP contribution in [0.2, 0.25) is 0 Å². The number of urea groups is 1. The molecule has 1 rings (SSSR count). The highest BCUT2D eigenvalue weighted by Crippen LogP contribution is 1.97. The summed E-state index contributed by atoms with van der Waals surface area (Å²) in [5, 5.41) is 11.7. The number of carbonyl (C=O) groups excluding carboxylic acids is 1. The number of nitrogens with one attached hydrogen (secondary N) is 1. The Balaban J connectivity index is 2.30. The van der Waals surface area contributed by atoms with Gasteiger partial charge in [-0.2, -0.15) is 0 Å². The van der Waals surface area contributed by atoms with Crippen LogP contribution in [-0.2, 0) is 6.42 Å². The van der Waals surface area contributed by atoms with Gasteiger partial charge in [0, 0.05) is 32.0 Å². The van der Waals surface area contributed by atoms with Crippen LogP contribution < -0.4 is 5.32 Å². The molecule has 1 aromatic rings. The summed E-state index contributed by atoms with van der Waals surface area (Å²) in [6.07, 6.45) is 5.17. The molecule has 18 heavy (non-hydrogen) atoms. The van der Waals surface area contributed by atoms with E-state index in [9.17, 15) is 4.79 Å². The normalized spacial score (nSPS) is 10.1. The molecule has 100 valence electrons. The fourth-order valence-electron chi connectivity index (χ4n) is 1.68. The van der Waals surface area contributed by atoms with Crippen molar-refractivity contribution in [3.63, 3.8) is 0 Å². The van der Waals surface area contributed by atoms with Gasteiger partial charge in [-0.1, -0.05) is 13.0 Å². The lowest BCUT2D eigenvalue weighted by atomic mass is 10.2. The van der Waals surface area contributed by atoms with E-state index in [1.165, 1.54) is 0 Å². The van der Waals surface area contributed by atoms with Gasteiger partial charge in [0.15, 0.2) is 0 Å². The third-order valence-electron chi connectivity index (χ3n) is 2.56. The van der Waals surface area contributed by atoms with E-state index in [1.54, 1.807) is 17.3 Å². The topological polar surface area (TPSA) is 65.5 Å². The SMILES string of the molecule is CCCN(CCO)C(=O)NCCc1cccnc1. The number of hydrogen-bond acceptors (Lipinski definition) is 3. The number of aliphatic hydroxyl groups excluding tert-OH is 1. The smallest absolute Gasteiger partial charge is 0.317 e. The highest BCUT2D eigenvalue weighted by molar-refractivity contribution is 5.74. The third-order valence-corrected chi connectivity index (χ3v) is 2.56. The number of nitrogens with zero attached hydrogens (tertiary/aromatic N) is 2. The fourth-order valence-corrected chi connectivity index (χ4v) is 1.68. The minimum atomic E-state index is -0.116. The van der Waals surface area contributed by atoms with E-state index in [0.29, 0.717) is 19.6 Å². The number of rotatable bonds is 7. The van der Waals surface area contributed by atoms with Crippen molar-refractivity contribution in [2.24, 2.45) is 0 Å². The Kier molecular flexibility index (Phi) is 6.79. The van der Waals surface area contributed by atoms with E-state index in [4.69, 9.17) is 5.11 Å². The number of pyridine rings is 1. The van der Waals surface area contributed by atoms with Gasteiger partial charge in [-0.25, -0.2) is 4.79 Å². The molecular weight excluding hydrogens is 230 g/mol. The second kappa shape index (κ2) is 8.47. The summed E-state index contributed by atoms with van der Waals surface area (Å²) in [6.45, 7) is 3.63. The molecule has 0 radical (unpaired) electrons. The number of carbonyl (C=O) groups is 1. The van der Waals surface area contributed by atoms with Crippen molar-refractivity contribution in [2.75, 3.05) is 26.2 Å². The summed E-state index contributed by atoms with van der Waals surface area (Å²) in [4.78, 5) is 17.4. The lowest BCUT2D eigenvalue weighted by molar-refractivity contribution is 0.177. The van der Waals surface area contributed by atoms with Crippen LogP contribution in [0.5, 0.6) is 0 Å². The summed E-state index contributed by atoms with van der Waals surface area (Å²) in [7, 11) is 0. The van der Waals surface area contributed by atoms with Gasteiger partial charge in [-0.3, -0.25) is 4.98 Å². The Hall–Kier alpha value is -1.62. The molecule has 0 fully saturated rings. The number of hydrogen-bond donors (Lipinski definition) is 2. The highest BCUT2D eigenvalue weighted by Gasteiger charge is 2.10. The predicted molar refractivity (Wildman–Crippen MR) is 70.3 cm³/mol. The van der Waals surface area contributed by atoms with Gasteiger partial charge in [0.25, 0.3) is 0 Å². The van der Waals surface area contributed by atoms with Crippen molar-refractivity contribution >= 4 is 6.03 Å². The minimum Gasteiger partial charge on any atom is -0.395 e. The van der Waals surface area contributed by atoms with Gasteiger partial charge in [0.05, 0.1) is 6.61 Å². The van der Waals surface area contributed by atoms with Crippen LogP contribution in [0.25, 0.3) is 0 Å². The molecule has 2 N–H and O–H groups in total. The zero-order valence-electron chi connectivity index (χ0n) is 10.8. The maximum Gasteiger partial charge on any atom is 0.317 e. The first kappa shape index (κ1) is 14.4. The lowest BCUT2D eigenvalue weighted by Gasteiger charge is -2.21. The van der Waals surface area contributed by atoms with E-state index in [1.807, 2.05) is 19.1 Å². The summed E-state index contributed by atoms with van der Waals surface area (Å²) < 4.78 is 0. The maximum absolute atomic E-state index is 11.8. The Morgan fingerprint density at radius 3 is 2.94 bits per heavy atom. The quantitative estimate of drug-likeness (QED) is 0.761. The first-order valence-electron chi connectivity index (χ1n) is 6.30. The molecule has 5 heteroatoms. The molecule has 0 aromatic carbocycles. The first-order valence-corrected chi connectivity index (χ1v) is 6.30. The number of amides is 2. The number of aliphatic hydroxyl groups is 1. The van der Waals surface area contributed by atoms with Crippen LogP contribution >= 0.6 is 0 Å². The van der Waals surface area contributed by atoms with Crippen LogP contribution in [0, 0.1) is 0 Å². The van der Waals surface area contributed by atoms with E-state index in [2.05, 4.69) is 10.3 Å². The molecule has 0 aliphatic heterocycles. The molecule has 0 atom stereocenters. The lowest BCUT2D eigenvalue weighted by Crippen LogP contribution is -2.42. The fraction of sp³-hybridized carbons (Fsp3) is 0.538. The van der Waals surface area contributed by atoms with Gasteiger partial charge < -0.3 is 15.3 Å². The molecule has 2 amide bonds. The van der Waals surface area contributed by atoms with Crippen molar-refractivity contribution < 1.29 is 9.90 Å². The average molecular weight is 251 g/mol. The second-order valence-electron chi connectivity index (χ2n) is 4.05. The van der Waals surface area contributed by atoms with Crippen LogP contribution in [-0.4, -0.2) is 47.3 Å². The van der Waals surface area contributed by atoms with Gasteiger partial charge in [0.2, 0.25) is 0 Å². The van der Waals surface area contributed by atoms with Crippen LogP contribution in [0.4, 0.5) is 4.79 Å². The molecule has 0 aliphatic carbocycles. The first-order chi connectivity index (χ1) is 8.77. The molecule has 1 aromatic heterocycles. The van der Waals surface area contributed by atoms with E-state index < -0.39 is 0 Å². The zero-order chi connectivity index (χ0) is 13.2. The predicted octanol–water partition coefficient (Wildman–Crippen LogP) is 1.04. The monoisotopic (exact) mass is 251 g/mol. The van der Waals surface area contributed by atoms with Gasteiger partial charge >= 0.3 is 6.03 Å². The van der Waals surface area contributed by atoms with Gasteiger partial charge in [-0.05, 0) is 24.5 Å². The Morgan fingerprint density at radius 2 is 2.33 bits per heavy atom. The molecule has 0 saturated heterocycles. The van der Waals surface area contributed by atoms with Crippen LogP contribution in [0.1, 0.15) is 18.9 Å². The molecule has 1 heterocycles. The van der Waals surface area contributed by atoms with E-state index in [0.717, 1.165) is 18.4 Å². The Labute approximate surface area is 108 Å². The third kappa shape index (κ3) is 5.14. The van der Waals surface area contributed by atoms with Crippen molar-refractivity contribution in [3.05, 3.63) is 30.1 Å². The standard InChI is InChI=1S/C13H21N3O2/c1-2-8-16(9-10-17)13(18)15-7-5-12-4-3-6-14-11-12/h3-4,6,11,17H,2,5,7-10H2,1H3,(H,15,18). The Morgan fingerprint density at radius 1 is 1.50 bits per heavy atom. The largest absolute Gasteiger partial charge is 0.395 e. The molecule has 5 nitrogen and oxygen atoms in total. The minimum absolute atomic E-state index is 0.00394. The van der Waals surface area contributed by atoms with Gasteiger partial charge in [-0.15, -0.1) is 0 Å². The number of aromatic nitrogens is 1. The summed E-state index contributed by atoms with van der Waals surface area (Å²) in [5.41, 5.74) is 1.10. The summed E-state index contributed by atoms with van der Waals surface area (Å²) >= 11 is 0. The van der Waals surface area contributed by atoms with Crippen LogP contribution in [0.15, 0.2) is 24.5 Å². The highest BCUT2D eigenvalue weighted by atomic mass is 16.3. The molecule has 0 bridgehead atoms. The zero-order valence-corrected chi connectivity index (χ0v) is 10.8. The van der Waals surface area contributed by atoms with Crippen molar-refractivity contribution in [1.82, 2.24) is 15.2 Å². The molecule has 0 saturated carbocycles. The Bertz CT molecular complexity index is 337. The van der Waals surface area contributed by atoms with Crippen LogP contribution in [0.3, 0.4) is 0 Å². The summed E-state index contributed by atoms with van der Waals surface area (Å²) in [6, 6.07) is 3.75. The van der Waals surface area contributed by atoms with Crippen molar-refractivity contribution in [3.8, 4) is 0 Å². The molecule has 0 unspecified atom stereocenters. The second-order valence-corrected chi connectivity index (χ2v) is 4.05. The van der Waals surface area contributed by atoms with Crippen molar-refractivity contribution in [1.29, 1.82) is 0 Å². The molecule has 0 spiro atoms. The van der Waals surface area contributed by atoms with Crippen molar-refractivity contribution in [2.45, 2.75) is 19.8 Å². The maximum atomic E-state index is 11.8. The molecule has 0 aliphatic rings.